The number of likely N-dealkylation sites (tertiary alicyclic amines) is 1. The van der Waals surface area contributed by atoms with Gasteiger partial charge in [-0.3, -0.25) is 9.69 Å². The molecule has 40 heavy (non-hydrogen) atoms. The van der Waals surface area contributed by atoms with Gasteiger partial charge in [0.15, 0.2) is 0 Å². The maximum atomic E-state index is 13.3. The molecule has 1 amide bonds. The smallest absolute Gasteiger partial charge is 0.246 e. The molecule has 3 heterocycles. The SMILES string of the molecule is COc1ccc(-c2noc(CN3CCCC(C(=O)Nc4ccc(OC)c(S(=O)(=O)N5CCCCC5)c4)C3)n2)cc1. The molecule has 1 aromatic heterocycles. The van der Waals surface area contributed by atoms with Gasteiger partial charge in [0.25, 0.3) is 0 Å². The van der Waals surface area contributed by atoms with E-state index in [1.807, 2.05) is 24.3 Å². The molecule has 5 rings (SSSR count). The van der Waals surface area contributed by atoms with Crippen molar-refractivity contribution in [3.8, 4) is 22.9 Å². The Balaban J connectivity index is 1.23. The number of hydrogen-bond acceptors (Lipinski definition) is 9. The second-order valence-electron chi connectivity index (χ2n) is 10.1. The number of nitrogens with one attached hydrogen (secondary N) is 1. The maximum Gasteiger partial charge on any atom is 0.246 e. The number of methoxy groups -OCH3 is 2. The van der Waals surface area contributed by atoms with Crippen LogP contribution >= 0.6 is 0 Å². The number of carbonyl (C=O) groups is 1. The van der Waals surface area contributed by atoms with Crippen LogP contribution in [-0.2, 0) is 21.4 Å². The molecule has 2 aliphatic heterocycles. The lowest BCUT2D eigenvalue weighted by Crippen LogP contribution is -2.40. The molecule has 1 N–H and O–H groups in total. The lowest BCUT2D eigenvalue weighted by atomic mass is 9.97. The molecular formula is C28H35N5O6S. The molecule has 0 spiro atoms. The normalized spacial score (nSPS) is 18.8. The molecule has 1 atom stereocenters. The summed E-state index contributed by atoms with van der Waals surface area (Å²) in [6.07, 6.45) is 4.27. The third-order valence-electron chi connectivity index (χ3n) is 7.42. The van der Waals surface area contributed by atoms with E-state index in [2.05, 4.69) is 20.4 Å². The van der Waals surface area contributed by atoms with Crippen LogP contribution < -0.4 is 14.8 Å². The van der Waals surface area contributed by atoms with Crippen LogP contribution in [0.3, 0.4) is 0 Å². The number of sulfonamides is 1. The van der Waals surface area contributed by atoms with Crippen molar-refractivity contribution in [1.29, 1.82) is 0 Å². The van der Waals surface area contributed by atoms with E-state index < -0.39 is 10.0 Å². The van der Waals surface area contributed by atoms with Crippen molar-refractivity contribution in [3.05, 3.63) is 48.4 Å². The molecule has 0 radical (unpaired) electrons. The number of carbonyl (C=O) groups excluding carboxylic acids is 1. The number of hydrogen-bond donors (Lipinski definition) is 1. The standard InChI is InChI=1S/C28H35N5O6S/c1-37-23-11-8-20(9-12-23)27-30-26(39-31-27)19-32-14-6-7-21(18-32)28(34)29-22-10-13-24(38-2)25(17-22)40(35,36)33-15-4-3-5-16-33/h8-13,17,21H,3-7,14-16,18-19H2,1-2H3,(H,29,34). The number of amides is 1. The number of benzene rings is 2. The van der Waals surface area contributed by atoms with Crippen molar-refractivity contribution in [3.63, 3.8) is 0 Å². The van der Waals surface area contributed by atoms with Crippen LogP contribution in [0.15, 0.2) is 51.9 Å². The first-order chi connectivity index (χ1) is 19.4. The Bertz CT molecular complexity index is 1420. The minimum Gasteiger partial charge on any atom is -0.497 e. The fourth-order valence-corrected chi connectivity index (χ4v) is 6.92. The van der Waals surface area contributed by atoms with Gasteiger partial charge in [-0.15, -0.1) is 0 Å². The molecule has 2 fully saturated rings. The highest BCUT2D eigenvalue weighted by Crippen LogP contribution is 2.32. The number of anilines is 1. The number of piperidine rings is 2. The summed E-state index contributed by atoms with van der Waals surface area (Å²) in [4.78, 5) is 20.0. The Labute approximate surface area is 234 Å². The molecule has 2 saturated heterocycles. The van der Waals surface area contributed by atoms with Crippen molar-refractivity contribution in [2.75, 3.05) is 45.7 Å². The predicted molar refractivity (Wildman–Crippen MR) is 149 cm³/mol. The maximum absolute atomic E-state index is 13.3. The summed E-state index contributed by atoms with van der Waals surface area (Å²) in [6.45, 7) is 2.75. The number of nitrogens with zero attached hydrogens (tertiary/aromatic N) is 4. The fraction of sp³-hybridized carbons (Fsp3) is 0.464. The van der Waals surface area contributed by atoms with E-state index >= 15 is 0 Å². The first-order valence-electron chi connectivity index (χ1n) is 13.6. The minimum atomic E-state index is -3.73. The zero-order chi connectivity index (χ0) is 28.1. The molecule has 2 aromatic carbocycles. The van der Waals surface area contributed by atoms with Gasteiger partial charge in [-0.2, -0.15) is 9.29 Å². The Morgan fingerprint density at radius 2 is 1.80 bits per heavy atom. The number of rotatable bonds is 9. The van der Waals surface area contributed by atoms with E-state index in [0.717, 1.165) is 50.0 Å². The summed E-state index contributed by atoms with van der Waals surface area (Å²) in [6, 6.07) is 12.2. The van der Waals surface area contributed by atoms with E-state index in [1.165, 1.54) is 17.5 Å². The summed E-state index contributed by atoms with van der Waals surface area (Å²) in [7, 11) is -0.673. The highest BCUT2D eigenvalue weighted by molar-refractivity contribution is 7.89. The summed E-state index contributed by atoms with van der Waals surface area (Å²) >= 11 is 0. The molecule has 2 aliphatic rings. The van der Waals surface area contributed by atoms with Crippen LogP contribution in [0.25, 0.3) is 11.4 Å². The zero-order valence-corrected chi connectivity index (χ0v) is 23.7. The minimum absolute atomic E-state index is 0.0732. The molecular weight excluding hydrogens is 534 g/mol. The Morgan fingerprint density at radius 1 is 1.02 bits per heavy atom. The molecule has 11 nitrogen and oxygen atoms in total. The van der Waals surface area contributed by atoms with Crippen molar-refractivity contribution in [2.45, 2.75) is 43.5 Å². The lowest BCUT2D eigenvalue weighted by molar-refractivity contribution is -0.121. The Morgan fingerprint density at radius 3 is 2.52 bits per heavy atom. The van der Waals surface area contributed by atoms with Crippen molar-refractivity contribution >= 4 is 21.6 Å². The number of aromatic nitrogens is 2. The molecule has 3 aromatic rings. The highest BCUT2D eigenvalue weighted by atomic mass is 32.2. The predicted octanol–water partition coefficient (Wildman–Crippen LogP) is 3.78. The summed E-state index contributed by atoms with van der Waals surface area (Å²) in [5.41, 5.74) is 1.26. The average molecular weight is 570 g/mol. The average Bonchev–Trinajstić information content (AvgIpc) is 3.46. The third-order valence-corrected chi connectivity index (χ3v) is 9.34. The summed E-state index contributed by atoms with van der Waals surface area (Å²) in [5, 5.41) is 7.03. The van der Waals surface area contributed by atoms with Gasteiger partial charge in [0.05, 0.1) is 26.7 Å². The monoisotopic (exact) mass is 569 g/mol. The van der Waals surface area contributed by atoms with Crippen molar-refractivity contribution in [1.82, 2.24) is 19.3 Å². The second kappa shape index (κ2) is 12.4. The van der Waals surface area contributed by atoms with E-state index in [-0.39, 0.29) is 22.5 Å². The topological polar surface area (TPSA) is 127 Å². The molecule has 0 bridgehead atoms. The molecule has 0 aliphatic carbocycles. The van der Waals surface area contributed by atoms with E-state index in [9.17, 15) is 13.2 Å². The van der Waals surface area contributed by atoms with Crippen LogP contribution in [0, 0.1) is 5.92 Å². The van der Waals surface area contributed by atoms with Gasteiger partial charge in [-0.05, 0) is 74.7 Å². The van der Waals surface area contributed by atoms with Crippen molar-refractivity contribution in [2.24, 2.45) is 5.92 Å². The highest BCUT2D eigenvalue weighted by Gasteiger charge is 2.31. The van der Waals surface area contributed by atoms with E-state index in [0.29, 0.717) is 43.6 Å². The van der Waals surface area contributed by atoms with Crippen molar-refractivity contribution < 1.29 is 27.2 Å². The summed E-state index contributed by atoms with van der Waals surface area (Å²) < 4.78 is 44.2. The van der Waals surface area contributed by atoms with Gasteiger partial charge in [0, 0.05) is 30.9 Å². The van der Waals surface area contributed by atoms with Gasteiger partial charge in [0.1, 0.15) is 16.4 Å². The molecule has 214 valence electrons. The molecule has 1 unspecified atom stereocenters. The van der Waals surface area contributed by atoms with Crippen LogP contribution in [0.1, 0.15) is 38.0 Å². The van der Waals surface area contributed by atoms with Gasteiger partial charge >= 0.3 is 0 Å². The van der Waals surface area contributed by atoms with Crippen LogP contribution in [0.2, 0.25) is 0 Å². The van der Waals surface area contributed by atoms with Crippen LogP contribution in [0.5, 0.6) is 11.5 Å². The summed E-state index contributed by atoms with van der Waals surface area (Å²) in [5.74, 6) is 1.58. The third kappa shape index (κ3) is 6.29. The van der Waals surface area contributed by atoms with Gasteiger partial charge < -0.3 is 19.3 Å². The fourth-order valence-electron chi connectivity index (χ4n) is 5.23. The first-order valence-corrected chi connectivity index (χ1v) is 15.0. The number of ether oxygens (including phenoxy) is 2. The van der Waals surface area contributed by atoms with Gasteiger partial charge in [-0.25, -0.2) is 8.42 Å². The Kier molecular flexibility index (Phi) is 8.67. The van der Waals surface area contributed by atoms with E-state index in [4.69, 9.17) is 14.0 Å². The quantitative estimate of drug-likeness (QED) is 0.410. The van der Waals surface area contributed by atoms with Gasteiger partial charge in [-0.1, -0.05) is 11.6 Å². The lowest BCUT2D eigenvalue weighted by Gasteiger charge is -2.31. The second-order valence-corrected chi connectivity index (χ2v) is 12.0. The van der Waals surface area contributed by atoms with Gasteiger partial charge in [0.2, 0.25) is 27.6 Å². The van der Waals surface area contributed by atoms with Crippen LogP contribution in [0.4, 0.5) is 5.69 Å². The first kappa shape index (κ1) is 28.1. The largest absolute Gasteiger partial charge is 0.497 e. The molecule has 0 saturated carbocycles. The Hall–Kier alpha value is -3.48. The van der Waals surface area contributed by atoms with Crippen LogP contribution in [-0.4, -0.2) is 74.1 Å². The van der Waals surface area contributed by atoms with E-state index in [1.54, 1.807) is 19.2 Å². The zero-order valence-electron chi connectivity index (χ0n) is 22.8. The molecule has 12 heteroatoms.